The fraction of sp³-hybridized carbons (Fsp3) is 0.615. The summed E-state index contributed by atoms with van der Waals surface area (Å²) in [5.74, 6) is 0.516. The number of rotatable bonds is 5. The summed E-state index contributed by atoms with van der Waals surface area (Å²) in [5.41, 5.74) is 7.17. The lowest BCUT2D eigenvalue weighted by Crippen LogP contribution is -2.38. The van der Waals surface area contributed by atoms with E-state index < -0.39 is 0 Å². The minimum Gasteiger partial charge on any atom is -0.384 e. The number of methoxy groups -OCH3 is 1. The molecule has 1 aliphatic carbocycles. The van der Waals surface area contributed by atoms with E-state index in [4.69, 9.17) is 9.47 Å². The van der Waals surface area contributed by atoms with E-state index in [0.717, 1.165) is 64.8 Å². The Morgan fingerprint density at radius 2 is 1.64 bits per heavy atom. The van der Waals surface area contributed by atoms with Crippen LogP contribution in [0.15, 0.2) is 42.5 Å². The summed E-state index contributed by atoms with van der Waals surface area (Å²) in [6.07, 6.45) is 7.52. The first kappa shape index (κ1) is 22.9. The molecule has 28 heavy (non-hydrogen) atoms. The van der Waals surface area contributed by atoms with E-state index in [0.29, 0.717) is 5.92 Å². The number of benzene rings is 1. The van der Waals surface area contributed by atoms with Gasteiger partial charge in [-0.25, -0.2) is 0 Å². The van der Waals surface area contributed by atoms with Gasteiger partial charge in [-0.2, -0.15) is 0 Å². The van der Waals surface area contributed by atoms with Crippen molar-refractivity contribution in [1.29, 1.82) is 0 Å². The minimum atomic E-state index is 0.0890. The van der Waals surface area contributed by atoms with E-state index >= 15 is 0 Å². The van der Waals surface area contributed by atoms with Crippen molar-refractivity contribution in [3.8, 4) is 0 Å². The highest BCUT2D eigenvalue weighted by Gasteiger charge is 2.35. The van der Waals surface area contributed by atoms with Gasteiger partial charge < -0.3 is 9.47 Å². The van der Waals surface area contributed by atoms with Crippen molar-refractivity contribution in [2.24, 2.45) is 0 Å². The summed E-state index contributed by atoms with van der Waals surface area (Å²) in [5, 5.41) is 0. The maximum atomic E-state index is 5.67. The molecule has 2 heteroatoms. The molecular formula is C26H40O2. The van der Waals surface area contributed by atoms with E-state index in [1.165, 1.54) is 27.8 Å². The lowest BCUT2D eigenvalue weighted by atomic mass is 9.73. The standard InChI is InChI=1S/C24H34O2.C2H6/c1-5-20-14-22(21-12-18(2)6-7-19(3)13-21)16-23(15-20)24(17-25-4)8-10-26-11-9-24;1-2/h14-16,21H,2-3,5-13,17H2,1,4H3;1-2H3. The van der Waals surface area contributed by atoms with E-state index in [1.807, 2.05) is 21.0 Å². The smallest absolute Gasteiger partial charge is 0.0560 e. The molecule has 1 heterocycles. The third-order valence-corrected chi connectivity index (χ3v) is 6.28. The average molecular weight is 385 g/mol. The first-order valence-electron chi connectivity index (χ1n) is 11.1. The van der Waals surface area contributed by atoms with Crippen LogP contribution in [0.5, 0.6) is 0 Å². The topological polar surface area (TPSA) is 18.5 Å². The molecule has 0 unspecified atom stereocenters. The van der Waals surface area contributed by atoms with Crippen molar-refractivity contribution >= 4 is 0 Å². The molecule has 0 N–H and O–H groups in total. The number of aryl methyl sites for hydroxylation is 1. The predicted molar refractivity (Wildman–Crippen MR) is 120 cm³/mol. The van der Waals surface area contributed by atoms with Crippen LogP contribution in [0.2, 0.25) is 0 Å². The Bertz CT molecular complexity index is 629. The van der Waals surface area contributed by atoms with E-state index in [9.17, 15) is 0 Å². The predicted octanol–water partition coefficient (Wildman–Crippen LogP) is 6.74. The summed E-state index contributed by atoms with van der Waals surface area (Å²) in [7, 11) is 1.82. The van der Waals surface area contributed by atoms with Crippen molar-refractivity contribution in [1.82, 2.24) is 0 Å². The van der Waals surface area contributed by atoms with Gasteiger partial charge in [0.15, 0.2) is 0 Å². The Kier molecular flexibility index (Phi) is 8.98. The molecular weight excluding hydrogens is 344 g/mol. The van der Waals surface area contributed by atoms with Crippen molar-refractivity contribution in [3.63, 3.8) is 0 Å². The summed E-state index contributed by atoms with van der Waals surface area (Å²) in [6, 6.07) is 7.29. The monoisotopic (exact) mass is 384 g/mol. The van der Waals surface area contributed by atoms with Crippen molar-refractivity contribution < 1.29 is 9.47 Å². The van der Waals surface area contributed by atoms with Gasteiger partial charge in [-0.05, 0) is 67.6 Å². The largest absolute Gasteiger partial charge is 0.384 e. The minimum absolute atomic E-state index is 0.0890. The van der Waals surface area contributed by atoms with Crippen molar-refractivity contribution in [2.45, 2.75) is 77.0 Å². The Morgan fingerprint density at radius 1 is 1.04 bits per heavy atom. The summed E-state index contributed by atoms with van der Waals surface area (Å²) in [6.45, 7) is 17.3. The van der Waals surface area contributed by atoms with Gasteiger partial charge in [0.05, 0.1) is 6.61 Å². The van der Waals surface area contributed by atoms with Gasteiger partial charge in [-0.1, -0.05) is 63.3 Å². The Morgan fingerprint density at radius 3 is 2.18 bits per heavy atom. The molecule has 0 bridgehead atoms. The van der Waals surface area contributed by atoms with Gasteiger partial charge in [0, 0.05) is 25.7 Å². The first-order valence-corrected chi connectivity index (χ1v) is 11.1. The van der Waals surface area contributed by atoms with Crippen LogP contribution in [0.1, 0.15) is 81.9 Å². The molecule has 1 aromatic carbocycles. The molecule has 0 spiro atoms. The van der Waals surface area contributed by atoms with E-state index in [-0.39, 0.29) is 5.41 Å². The van der Waals surface area contributed by atoms with Crippen molar-refractivity contribution in [2.75, 3.05) is 26.9 Å². The highest BCUT2D eigenvalue weighted by Crippen LogP contribution is 2.40. The molecule has 1 aliphatic heterocycles. The number of hydrogen-bond acceptors (Lipinski definition) is 2. The van der Waals surface area contributed by atoms with Gasteiger partial charge in [0.1, 0.15) is 0 Å². The van der Waals surface area contributed by atoms with Crippen LogP contribution in [-0.2, 0) is 21.3 Å². The fourth-order valence-electron chi connectivity index (χ4n) is 4.58. The van der Waals surface area contributed by atoms with Crippen LogP contribution in [0.4, 0.5) is 0 Å². The number of allylic oxidation sites excluding steroid dienone is 2. The van der Waals surface area contributed by atoms with Crippen LogP contribution >= 0.6 is 0 Å². The third kappa shape index (κ3) is 5.58. The number of hydrogen-bond donors (Lipinski definition) is 0. The van der Waals surface area contributed by atoms with E-state index in [2.05, 4.69) is 38.3 Å². The van der Waals surface area contributed by atoms with Crippen LogP contribution in [0.3, 0.4) is 0 Å². The van der Waals surface area contributed by atoms with Crippen LogP contribution in [0.25, 0.3) is 0 Å². The van der Waals surface area contributed by atoms with Crippen LogP contribution in [-0.4, -0.2) is 26.9 Å². The third-order valence-electron chi connectivity index (χ3n) is 6.28. The highest BCUT2D eigenvalue weighted by atomic mass is 16.5. The molecule has 3 rings (SSSR count). The molecule has 156 valence electrons. The second kappa shape index (κ2) is 11.0. The summed E-state index contributed by atoms with van der Waals surface area (Å²) in [4.78, 5) is 0. The fourth-order valence-corrected chi connectivity index (χ4v) is 4.58. The molecule has 1 aromatic rings. The molecule has 2 aliphatic rings. The van der Waals surface area contributed by atoms with Gasteiger partial charge in [-0.3, -0.25) is 0 Å². The molecule has 0 radical (unpaired) electrons. The molecule has 2 fully saturated rings. The molecule has 1 saturated carbocycles. The zero-order valence-electron chi connectivity index (χ0n) is 18.6. The summed E-state index contributed by atoms with van der Waals surface area (Å²) >= 11 is 0. The van der Waals surface area contributed by atoms with Crippen molar-refractivity contribution in [3.05, 3.63) is 59.2 Å². The Balaban J connectivity index is 0.00000136. The average Bonchev–Trinajstić information content (AvgIpc) is 2.90. The lowest BCUT2D eigenvalue weighted by Gasteiger charge is -2.38. The SMILES string of the molecule is C=C1CCC(=C)CC(c2cc(CC)cc(C3(COC)CCOCC3)c2)C1.CC. The normalized spacial score (nSPS) is 20.3. The van der Waals surface area contributed by atoms with E-state index in [1.54, 1.807) is 0 Å². The second-order valence-electron chi connectivity index (χ2n) is 8.25. The molecule has 0 amide bonds. The Hall–Kier alpha value is -1.38. The number of ether oxygens (including phenoxy) is 2. The molecule has 0 atom stereocenters. The van der Waals surface area contributed by atoms with Crippen LogP contribution < -0.4 is 0 Å². The molecule has 1 saturated heterocycles. The van der Waals surface area contributed by atoms with Gasteiger partial charge >= 0.3 is 0 Å². The quantitative estimate of drug-likeness (QED) is 0.413. The maximum absolute atomic E-state index is 5.67. The molecule has 0 aromatic heterocycles. The second-order valence-corrected chi connectivity index (χ2v) is 8.25. The zero-order valence-corrected chi connectivity index (χ0v) is 18.6. The van der Waals surface area contributed by atoms with Gasteiger partial charge in [-0.15, -0.1) is 0 Å². The molecule has 2 nitrogen and oxygen atoms in total. The maximum Gasteiger partial charge on any atom is 0.0560 e. The van der Waals surface area contributed by atoms with Gasteiger partial charge in [0.2, 0.25) is 0 Å². The zero-order chi connectivity index (χ0) is 20.6. The highest BCUT2D eigenvalue weighted by molar-refractivity contribution is 5.39. The van der Waals surface area contributed by atoms with Gasteiger partial charge in [0.25, 0.3) is 0 Å². The summed E-state index contributed by atoms with van der Waals surface area (Å²) < 4.78 is 11.3. The Labute approximate surface area is 173 Å². The lowest BCUT2D eigenvalue weighted by molar-refractivity contribution is 0.0136. The van der Waals surface area contributed by atoms with Crippen LogP contribution in [0, 0.1) is 0 Å². The first-order chi connectivity index (χ1) is 13.6.